The minimum absolute atomic E-state index is 0.0840. The Kier molecular flexibility index (Phi) is 5.74. The molecule has 0 spiro atoms. The minimum Gasteiger partial charge on any atom is -0.466 e. The van der Waals surface area contributed by atoms with E-state index in [1.807, 2.05) is 6.92 Å². The predicted molar refractivity (Wildman–Crippen MR) is 107 cm³/mol. The molecule has 0 aliphatic heterocycles. The SMILES string of the molecule is COC1CCC23CC[C@@H](C)[C@](C)(C12)[C@H](O)C[C@@](C)(CCOC(C)=O)C(=O)[C@@H]3C. The Hall–Kier alpha value is -0.940. The number of ketones is 1. The number of aliphatic hydroxyl groups is 1. The van der Waals surface area contributed by atoms with Crippen molar-refractivity contribution in [2.75, 3.05) is 13.7 Å². The number of hydrogen-bond donors (Lipinski definition) is 1. The molecule has 0 saturated heterocycles. The van der Waals surface area contributed by atoms with E-state index in [2.05, 4.69) is 20.8 Å². The van der Waals surface area contributed by atoms with Crippen LogP contribution in [0.25, 0.3) is 0 Å². The maximum Gasteiger partial charge on any atom is 0.302 e. The van der Waals surface area contributed by atoms with Gasteiger partial charge in [0.1, 0.15) is 5.78 Å². The molecule has 0 radical (unpaired) electrons. The van der Waals surface area contributed by atoms with Crippen molar-refractivity contribution < 1.29 is 24.2 Å². The average Bonchev–Trinajstić information content (AvgIpc) is 3.03. The second kappa shape index (κ2) is 7.39. The minimum atomic E-state index is -0.685. The third-order valence-corrected chi connectivity index (χ3v) is 9.13. The molecule has 0 heterocycles. The first kappa shape index (κ1) is 21.8. The van der Waals surface area contributed by atoms with Gasteiger partial charge in [0.2, 0.25) is 0 Å². The van der Waals surface area contributed by atoms with Gasteiger partial charge in [-0.25, -0.2) is 0 Å². The number of methoxy groups -OCH3 is 1. The van der Waals surface area contributed by atoms with Gasteiger partial charge in [-0.2, -0.15) is 0 Å². The normalized spacial score (nSPS) is 48.5. The van der Waals surface area contributed by atoms with Crippen molar-refractivity contribution in [3.63, 3.8) is 0 Å². The highest BCUT2D eigenvalue weighted by Gasteiger charge is 2.67. The van der Waals surface area contributed by atoms with Crippen LogP contribution in [0.4, 0.5) is 0 Å². The Labute approximate surface area is 169 Å². The monoisotopic (exact) mass is 394 g/mol. The van der Waals surface area contributed by atoms with Gasteiger partial charge in [0.05, 0.1) is 18.8 Å². The molecule has 0 aromatic carbocycles. The lowest BCUT2D eigenvalue weighted by Crippen LogP contribution is -2.62. The van der Waals surface area contributed by atoms with E-state index in [0.717, 1.165) is 25.7 Å². The van der Waals surface area contributed by atoms with E-state index in [1.165, 1.54) is 6.92 Å². The number of Topliss-reactive ketones (excluding diaryl/α,β-unsaturated/α-hetero) is 1. The van der Waals surface area contributed by atoms with Crippen LogP contribution in [0.15, 0.2) is 0 Å². The van der Waals surface area contributed by atoms with E-state index < -0.39 is 11.5 Å². The molecule has 3 fully saturated rings. The van der Waals surface area contributed by atoms with Crippen LogP contribution in [-0.4, -0.2) is 42.8 Å². The highest BCUT2D eigenvalue weighted by atomic mass is 16.5. The van der Waals surface area contributed by atoms with Gasteiger partial charge in [-0.3, -0.25) is 9.59 Å². The standard InChI is InChI=1S/C23H38O5/c1-14-7-9-23-10-8-17(27-6)19(23)22(14,5)18(25)13-21(4,20(26)15(23)2)11-12-28-16(3)24/h14-15,17-19,25H,7-13H2,1-6H3/t14-,15+,17?,18-,19?,21-,22+,23?/m1/s1. The van der Waals surface area contributed by atoms with Gasteiger partial charge >= 0.3 is 5.97 Å². The van der Waals surface area contributed by atoms with E-state index in [1.54, 1.807) is 7.11 Å². The van der Waals surface area contributed by atoms with Crippen LogP contribution in [0, 0.1) is 34.0 Å². The smallest absolute Gasteiger partial charge is 0.302 e. The van der Waals surface area contributed by atoms with Crippen LogP contribution in [0.3, 0.4) is 0 Å². The first-order valence-electron chi connectivity index (χ1n) is 10.9. The van der Waals surface area contributed by atoms with Crippen LogP contribution in [0.5, 0.6) is 0 Å². The lowest BCUT2D eigenvalue weighted by Gasteiger charge is -2.61. The number of ether oxygens (including phenoxy) is 2. The van der Waals surface area contributed by atoms with Crippen molar-refractivity contribution in [1.82, 2.24) is 0 Å². The zero-order chi connectivity index (χ0) is 20.9. The molecule has 3 rings (SSSR count). The fourth-order valence-electron chi connectivity index (χ4n) is 7.17. The maximum absolute atomic E-state index is 13.8. The van der Waals surface area contributed by atoms with Crippen LogP contribution in [-0.2, 0) is 19.1 Å². The molecular formula is C23H38O5. The summed E-state index contributed by atoms with van der Waals surface area (Å²) in [5, 5.41) is 11.5. The van der Waals surface area contributed by atoms with Crippen molar-refractivity contribution >= 4 is 11.8 Å². The highest BCUT2D eigenvalue weighted by molar-refractivity contribution is 5.87. The van der Waals surface area contributed by atoms with Gasteiger partial charge in [-0.1, -0.05) is 27.7 Å². The second-order valence-corrected chi connectivity index (χ2v) is 10.3. The maximum atomic E-state index is 13.8. The van der Waals surface area contributed by atoms with Crippen molar-refractivity contribution in [1.29, 1.82) is 0 Å². The van der Waals surface area contributed by atoms with Crippen LogP contribution >= 0.6 is 0 Å². The third kappa shape index (κ3) is 3.04. The lowest BCUT2D eigenvalue weighted by atomic mass is 9.44. The lowest BCUT2D eigenvalue weighted by molar-refractivity contribution is -0.193. The molecule has 2 bridgehead atoms. The molecule has 28 heavy (non-hydrogen) atoms. The summed E-state index contributed by atoms with van der Waals surface area (Å²) in [4.78, 5) is 25.0. The Morgan fingerprint density at radius 3 is 2.46 bits per heavy atom. The molecule has 0 amide bonds. The van der Waals surface area contributed by atoms with E-state index in [0.29, 0.717) is 18.8 Å². The Balaban J connectivity index is 2.04. The van der Waals surface area contributed by atoms with Gasteiger partial charge in [0.25, 0.3) is 0 Å². The predicted octanol–water partition coefficient (Wildman–Crippen LogP) is 3.76. The van der Waals surface area contributed by atoms with Gasteiger partial charge < -0.3 is 14.6 Å². The van der Waals surface area contributed by atoms with Gasteiger partial charge in [-0.05, 0) is 55.8 Å². The summed E-state index contributed by atoms with van der Waals surface area (Å²) < 4.78 is 11.1. The molecule has 3 aliphatic rings. The van der Waals surface area contributed by atoms with E-state index in [-0.39, 0.29) is 47.1 Å². The molecule has 3 aliphatic carbocycles. The highest BCUT2D eigenvalue weighted by Crippen LogP contribution is 2.68. The number of esters is 1. The Morgan fingerprint density at radius 2 is 1.86 bits per heavy atom. The fourth-order valence-corrected chi connectivity index (χ4v) is 7.17. The zero-order valence-electron chi connectivity index (χ0n) is 18.4. The van der Waals surface area contributed by atoms with E-state index >= 15 is 0 Å². The van der Waals surface area contributed by atoms with Crippen molar-refractivity contribution in [2.45, 2.75) is 85.4 Å². The summed E-state index contributed by atoms with van der Waals surface area (Å²) in [6, 6.07) is 0. The molecule has 0 aromatic rings. The van der Waals surface area contributed by atoms with Crippen molar-refractivity contribution in [2.24, 2.45) is 34.0 Å². The largest absolute Gasteiger partial charge is 0.466 e. The molecule has 3 saturated carbocycles. The third-order valence-electron chi connectivity index (χ3n) is 9.13. The molecule has 5 nitrogen and oxygen atoms in total. The van der Waals surface area contributed by atoms with Gasteiger partial charge in [-0.15, -0.1) is 0 Å². The summed E-state index contributed by atoms with van der Waals surface area (Å²) in [6.45, 7) is 10.2. The molecule has 0 aromatic heterocycles. The molecular weight excluding hydrogens is 356 g/mol. The fraction of sp³-hybridized carbons (Fsp3) is 0.913. The summed E-state index contributed by atoms with van der Waals surface area (Å²) in [7, 11) is 1.77. The molecule has 1 N–H and O–H groups in total. The Bertz CT molecular complexity index is 632. The van der Waals surface area contributed by atoms with Crippen molar-refractivity contribution in [3.05, 3.63) is 0 Å². The van der Waals surface area contributed by atoms with E-state index in [9.17, 15) is 14.7 Å². The Morgan fingerprint density at radius 1 is 1.21 bits per heavy atom. The van der Waals surface area contributed by atoms with Crippen LogP contribution in [0.1, 0.15) is 73.1 Å². The number of carbonyl (C=O) groups is 2. The first-order valence-corrected chi connectivity index (χ1v) is 10.9. The number of carbonyl (C=O) groups excluding carboxylic acids is 2. The summed E-state index contributed by atoms with van der Waals surface area (Å²) in [5.74, 6) is 0.372. The van der Waals surface area contributed by atoms with Crippen LogP contribution in [0.2, 0.25) is 0 Å². The second-order valence-electron chi connectivity index (χ2n) is 10.3. The first-order chi connectivity index (χ1) is 13.0. The zero-order valence-corrected chi connectivity index (χ0v) is 18.4. The summed E-state index contributed by atoms with van der Waals surface area (Å²) >= 11 is 0. The summed E-state index contributed by atoms with van der Waals surface area (Å²) in [6.07, 6.45) is 4.41. The van der Waals surface area contributed by atoms with Gasteiger partial charge in [0, 0.05) is 30.8 Å². The summed E-state index contributed by atoms with van der Waals surface area (Å²) in [5.41, 5.74) is -1.08. The number of rotatable bonds is 4. The molecule has 8 atom stereocenters. The molecule has 3 unspecified atom stereocenters. The van der Waals surface area contributed by atoms with E-state index in [4.69, 9.17) is 9.47 Å². The van der Waals surface area contributed by atoms with Crippen LogP contribution < -0.4 is 0 Å². The molecule has 5 heteroatoms. The topological polar surface area (TPSA) is 72.8 Å². The van der Waals surface area contributed by atoms with Gasteiger partial charge in [0.15, 0.2) is 0 Å². The quantitative estimate of drug-likeness (QED) is 0.735. The van der Waals surface area contributed by atoms with Crippen molar-refractivity contribution in [3.8, 4) is 0 Å². The number of aliphatic hydroxyl groups excluding tert-OH is 1. The number of hydrogen-bond acceptors (Lipinski definition) is 5. The molecule has 160 valence electrons. The average molecular weight is 395 g/mol.